The Balaban J connectivity index is 2.13. The summed E-state index contributed by atoms with van der Waals surface area (Å²) in [5.41, 5.74) is 1.92. The standard InChI is InChI=1S/C15H16Cl2N4S/c1-4-15(2,3)11-8-22-14-19-18-13(21(14)20-11)9-6-5-7-10(16)12(9)17/h5-7H,4,8H2,1-3H3. The Morgan fingerprint density at radius 2 is 2.05 bits per heavy atom. The predicted molar refractivity (Wildman–Crippen MR) is 93.1 cm³/mol. The summed E-state index contributed by atoms with van der Waals surface area (Å²) in [6.45, 7) is 6.57. The van der Waals surface area contributed by atoms with Gasteiger partial charge in [-0.25, -0.2) is 0 Å². The van der Waals surface area contributed by atoms with Crippen molar-refractivity contribution in [3.05, 3.63) is 28.2 Å². The first kappa shape index (κ1) is 15.8. The van der Waals surface area contributed by atoms with Crippen LogP contribution in [-0.4, -0.2) is 26.3 Å². The van der Waals surface area contributed by atoms with Crippen LogP contribution in [0, 0.1) is 5.41 Å². The molecule has 1 aliphatic rings. The van der Waals surface area contributed by atoms with Crippen LogP contribution in [0.5, 0.6) is 0 Å². The van der Waals surface area contributed by atoms with Crippen LogP contribution >= 0.6 is 35.0 Å². The molecule has 0 spiro atoms. The molecule has 116 valence electrons. The Labute approximate surface area is 143 Å². The molecule has 0 atom stereocenters. The van der Waals surface area contributed by atoms with Crippen molar-refractivity contribution in [3.63, 3.8) is 0 Å². The number of fused-ring (bicyclic) bond motifs is 1. The van der Waals surface area contributed by atoms with E-state index in [1.165, 1.54) is 0 Å². The molecule has 0 unspecified atom stereocenters. The number of rotatable bonds is 3. The van der Waals surface area contributed by atoms with Gasteiger partial charge in [0.25, 0.3) is 0 Å². The molecule has 1 aliphatic heterocycles. The van der Waals surface area contributed by atoms with Crippen molar-refractivity contribution in [2.75, 3.05) is 5.75 Å². The van der Waals surface area contributed by atoms with Gasteiger partial charge in [0, 0.05) is 16.7 Å². The van der Waals surface area contributed by atoms with Crippen LogP contribution < -0.4 is 0 Å². The summed E-state index contributed by atoms with van der Waals surface area (Å²) >= 11 is 14.1. The lowest BCUT2D eigenvalue weighted by molar-refractivity contribution is 0.493. The fourth-order valence-electron chi connectivity index (χ4n) is 2.11. The van der Waals surface area contributed by atoms with Crippen LogP contribution in [0.4, 0.5) is 0 Å². The Bertz CT molecular complexity index is 752. The maximum absolute atomic E-state index is 6.31. The molecule has 7 heteroatoms. The molecule has 0 radical (unpaired) electrons. The first-order chi connectivity index (χ1) is 10.4. The Kier molecular flexibility index (Phi) is 4.23. The van der Waals surface area contributed by atoms with Crippen molar-refractivity contribution in [2.45, 2.75) is 32.3 Å². The molecule has 0 fully saturated rings. The zero-order valence-electron chi connectivity index (χ0n) is 12.6. The molecular weight excluding hydrogens is 339 g/mol. The molecule has 22 heavy (non-hydrogen) atoms. The Hall–Kier alpha value is -1.04. The minimum atomic E-state index is 0.0460. The van der Waals surface area contributed by atoms with Gasteiger partial charge in [0.1, 0.15) is 0 Å². The van der Waals surface area contributed by atoms with Crippen molar-refractivity contribution in [1.82, 2.24) is 14.9 Å². The zero-order chi connectivity index (χ0) is 15.9. The number of hydrogen-bond acceptors (Lipinski definition) is 4. The number of nitrogens with zero attached hydrogens (tertiary/aromatic N) is 4. The topological polar surface area (TPSA) is 43.1 Å². The molecule has 2 heterocycles. The molecule has 0 N–H and O–H groups in total. The van der Waals surface area contributed by atoms with E-state index in [1.54, 1.807) is 22.5 Å². The number of thioether (sulfide) groups is 1. The zero-order valence-corrected chi connectivity index (χ0v) is 14.9. The highest BCUT2D eigenvalue weighted by atomic mass is 35.5. The largest absolute Gasteiger partial charge is 0.212 e. The van der Waals surface area contributed by atoms with Gasteiger partial charge in [0.15, 0.2) is 5.82 Å². The second kappa shape index (κ2) is 5.87. The average molecular weight is 355 g/mol. The lowest BCUT2D eigenvalue weighted by atomic mass is 9.85. The van der Waals surface area contributed by atoms with Crippen LogP contribution in [0.1, 0.15) is 27.2 Å². The predicted octanol–water partition coefficient (Wildman–Crippen LogP) is 5.00. The molecule has 4 nitrogen and oxygen atoms in total. The summed E-state index contributed by atoms with van der Waals surface area (Å²) in [4.78, 5) is 0. The first-order valence-corrected chi connectivity index (χ1v) is 8.79. The molecule has 0 bridgehead atoms. The summed E-state index contributed by atoms with van der Waals surface area (Å²) in [5, 5.41) is 15.0. The number of halogens is 2. The van der Waals surface area contributed by atoms with Gasteiger partial charge in [-0.15, -0.1) is 10.2 Å². The minimum absolute atomic E-state index is 0.0460. The van der Waals surface area contributed by atoms with Gasteiger partial charge >= 0.3 is 0 Å². The monoisotopic (exact) mass is 354 g/mol. The average Bonchev–Trinajstić information content (AvgIpc) is 2.93. The highest BCUT2D eigenvalue weighted by Gasteiger charge is 2.29. The van der Waals surface area contributed by atoms with E-state index >= 15 is 0 Å². The minimum Gasteiger partial charge on any atom is -0.187 e. The third-order valence-corrected chi connectivity index (χ3v) is 5.78. The van der Waals surface area contributed by atoms with Crippen LogP contribution in [0.15, 0.2) is 28.5 Å². The van der Waals surface area contributed by atoms with E-state index < -0.39 is 0 Å². The number of hydrogen-bond donors (Lipinski definition) is 0. The van der Waals surface area contributed by atoms with Gasteiger partial charge in [-0.2, -0.15) is 9.78 Å². The Morgan fingerprint density at radius 1 is 1.27 bits per heavy atom. The van der Waals surface area contributed by atoms with Crippen LogP contribution in [-0.2, 0) is 0 Å². The van der Waals surface area contributed by atoms with Crippen molar-refractivity contribution in [3.8, 4) is 11.4 Å². The highest BCUT2D eigenvalue weighted by molar-refractivity contribution is 7.99. The Morgan fingerprint density at radius 3 is 2.77 bits per heavy atom. The van der Waals surface area contributed by atoms with Gasteiger partial charge in [0.05, 0.1) is 15.8 Å². The fourth-order valence-corrected chi connectivity index (χ4v) is 3.55. The number of aromatic nitrogens is 3. The van der Waals surface area contributed by atoms with E-state index in [0.717, 1.165) is 28.6 Å². The first-order valence-electron chi connectivity index (χ1n) is 7.05. The molecule has 0 amide bonds. The van der Waals surface area contributed by atoms with E-state index in [1.807, 2.05) is 12.1 Å². The van der Waals surface area contributed by atoms with Gasteiger partial charge in [-0.05, 0) is 18.6 Å². The molecule has 1 aromatic heterocycles. The molecule has 0 aliphatic carbocycles. The molecule has 0 saturated carbocycles. The van der Waals surface area contributed by atoms with Gasteiger partial charge in [0.2, 0.25) is 5.16 Å². The van der Waals surface area contributed by atoms with Gasteiger partial charge in [-0.3, -0.25) is 0 Å². The summed E-state index contributed by atoms with van der Waals surface area (Å²) < 4.78 is 1.78. The fraction of sp³-hybridized carbons (Fsp3) is 0.400. The summed E-state index contributed by atoms with van der Waals surface area (Å²) in [5.74, 6) is 1.46. The summed E-state index contributed by atoms with van der Waals surface area (Å²) in [7, 11) is 0. The summed E-state index contributed by atoms with van der Waals surface area (Å²) in [6.07, 6.45) is 1.02. The van der Waals surface area contributed by atoms with E-state index in [9.17, 15) is 0 Å². The molecular formula is C15H16Cl2N4S. The van der Waals surface area contributed by atoms with Crippen molar-refractivity contribution < 1.29 is 0 Å². The quantitative estimate of drug-likeness (QED) is 0.778. The van der Waals surface area contributed by atoms with Crippen molar-refractivity contribution in [1.29, 1.82) is 0 Å². The molecule has 0 saturated heterocycles. The third kappa shape index (κ3) is 2.66. The smallest absolute Gasteiger partial charge is 0.187 e. The lowest BCUT2D eigenvalue weighted by Gasteiger charge is -2.27. The SMILES string of the molecule is CCC(C)(C)C1=Nn2c(nnc2-c2cccc(Cl)c2Cl)SC1. The third-order valence-electron chi connectivity index (χ3n) is 4.03. The van der Waals surface area contributed by atoms with E-state index in [0.29, 0.717) is 15.9 Å². The number of benzene rings is 1. The van der Waals surface area contributed by atoms with Crippen LogP contribution in [0.3, 0.4) is 0 Å². The molecule has 3 rings (SSSR count). The second-order valence-electron chi connectivity index (χ2n) is 5.79. The maximum atomic E-state index is 6.31. The normalized spacial score (nSPS) is 14.7. The van der Waals surface area contributed by atoms with Crippen LogP contribution in [0.25, 0.3) is 11.4 Å². The van der Waals surface area contributed by atoms with Crippen LogP contribution in [0.2, 0.25) is 10.0 Å². The molecule has 2 aromatic rings. The van der Waals surface area contributed by atoms with Crippen molar-refractivity contribution in [2.24, 2.45) is 10.5 Å². The van der Waals surface area contributed by atoms with E-state index in [-0.39, 0.29) is 5.41 Å². The van der Waals surface area contributed by atoms with E-state index in [2.05, 4.69) is 31.0 Å². The highest BCUT2D eigenvalue weighted by Crippen LogP contribution is 2.36. The maximum Gasteiger partial charge on any atom is 0.212 e. The van der Waals surface area contributed by atoms with Gasteiger partial charge in [-0.1, -0.05) is 61.8 Å². The van der Waals surface area contributed by atoms with Gasteiger partial charge < -0.3 is 0 Å². The molecule has 1 aromatic carbocycles. The van der Waals surface area contributed by atoms with Crippen molar-refractivity contribution >= 4 is 40.7 Å². The van der Waals surface area contributed by atoms with E-state index in [4.69, 9.17) is 28.3 Å². The summed E-state index contributed by atoms with van der Waals surface area (Å²) in [6, 6.07) is 5.48. The second-order valence-corrected chi connectivity index (χ2v) is 7.52. The lowest BCUT2D eigenvalue weighted by Crippen LogP contribution is -2.28.